The summed E-state index contributed by atoms with van der Waals surface area (Å²) < 4.78 is 18.8. The van der Waals surface area contributed by atoms with Crippen LogP contribution in [0, 0.1) is 28.6 Å². The first-order valence-electron chi connectivity index (χ1n) is 14.9. The monoisotopic (exact) mass is 496 g/mol. The van der Waals surface area contributed by atoms with Crippen molar-refractivity contribution < 1.29 is 13.9 Å². The second kappa shape index (κ2) is 9.87. The number of fused-ring (bicyclic) bond motifs is 5. The number of rotatable bonds is 8. The van der Waals surface area contributed by atoms with E-state index in [1.807, 2.05) is 12.5 Å². The summed E-state index contributed by atoms with van der Waals surface area (Å²) in [4.78, 5) is 2.57. The van der Waals surface area contributed by atoms with E-state index >= 15 is 0 Å². The number of allylic oxidation sites excluding steroid dienone is 1. The van der Waals surface area contributed by atoms with Gasteiger partial charge in [-0.2, -0.15) is 0 Å². The summed E-state index contributed by atoms with van der Waals surface area (Å²) in [6.07, 6.45) is 19.3. The molecule has 6 rings (SSSR count). The molecule has 1 saturated heterocycles. The highest BCUT2D eigenvalue weighted by molar-refractivity contribution is 5.30. The lowest BCUT2D eigenvalue weighted by Gasteiger charge is -2.59. The van der Waals surface area contributed by atoms with E-state index < -0.39 is 0 Å². The molecule has 1 aromatic rings. The topological polar surface area (TPSA) is 60.9 Å². The Morgan fingerprint density at radius 3 is 2.67 bits per heavy atom. The number of nitrogens with zero attached hydrogens (tertiary/aromatic N) is 1. The van der Waals surface area contributed by atoms with E-state index in [9.17, 15) is 0 Å². The maximum absolute atomic E-state index is 6.74. The van der Waals surface area contributed by atoms with Gasteiger partial charge in [0.25, 0.3) is 0 Å². The van der Waals surface area contributed by atoms with Gasteiger partial charge in [-0.15, -0.1) is 0 Å². The second-order valence-corrected chi connectivity index (χ2v) is 13.0. The van der Waals surface area contributed by atoms with Gasteiger partial charge >= 0.3 is 0 Å². The van der Waals surface area contributed by atoms with E-state index in [1.54, 1.807) is 5.57 Å². The van der Waals surface area contributed by atoms with Crippen LogP contribution in [0.4, 0.5) is 0 Å². The number of hydrogen-bond acceptors (Lipinski definition) is 5. The summed E-state index contributed by atoms with van der Waals surface area (Å²) in [6.45, 7) is 10.8. The average molecular weight is 497 g/mol. The summed E-state index contributed by atoms with van der Waals surface area (Å²) in [6, 6.07) is 2.14. The third-order valence-corrected chi connectivity index (χ3v) is 11.6. The van der Waals surface area contributed by atoms with Gasteiger partial charge in [0.05, 0.1) is 31.8 Å². The first-order chi connectivity index (χ1) is 17.5. The van der Waals surface area contributed by atoms with Gasteiger partial charge in [-0.3, -0.25) is 0 Å². The first-order valence-corrected chi connectivity index (χ1v) is 14.9. The molecule has 0 spiro atoms. The fourth-order valence-corrected chi connectivity index (χ4v) is 9.64. The van der Waals surface area contributed by atoms with Gasteiger partial charge in [0, 0.05) is 24.1 Å². The van der Waals surface area contributed by atoms with Gasteiger partial charge in [-0.1, -0.05) is 25.5 Å². The minimum atomic E-state index is -0.263. The molecule has 4 fully saturated rings. The van der Waals surface area contributed by atoms with Crippen LogP contribution in [-0.4, -0.2) is 50.4 Å². The van der Waals surface area contributed by atoms with E-state index in [4.69, 9.17) is 19.6 Å². The third kappa shape index (κ3) is 3.95. The van der Waals surface area contributed by atoms with E-state index in [0.717, 1.165) is 37.8 Å². The Bertz CT molecular complexity index is 924. The van der Waals surface area contributed by atoms with Crippen molar-refractivity contribution in [3.8, 4) is 0 Å². The second-order valence-electron chi connectivity index (χ2n) is 13.0. The van der Waals surface area contributed by atoms with Crippen molar-refractivity contribution >= 4 is 0 Å². The van der Waals surface area contributed by atoms with Crippen molar-refractivity contribution in [2.75, 3.05) is 39.4 Å². The largest absolute Gasteiger partial charge is 0.472 e. The molecule has 2 N–H and O–H groups in total. The fraction of sp³-hybridized carbons (Fsp3) is 0.806. The molecule has 0 radical (unpaired) electrons. The molecule has 5 heteroatoms. The zero-order valence-electron chi connectivity index (χ0n) is 22.7. The summed E-state index contributed by atoms with van der Waals surface area (Å²) in [7, 11) is 0. The fourth-order valence-electron chi connectivity index (χ4n) is 9.64. The summed E-state index contributed by atoms with van der Waals surface area (Å²) in [5.74, 6) is 2.23. The SMILES string of the molecule is C[C@]12CC[C@H](OCCN3CCCC3)CC1=CC[C@@H]1[C@@H]2CC[C@@]2(C)[C@H]1CC[C@@]2(OCCN)c1ccoc1. The molecule has 36 heavy (non-hydrogen) atoms. The zero-order chi connectivity index (χ0) is 24.8. The summed E-state index contributed by atoms with van der Waals surface area (Å²) in [5.41, 5.74) is 9.08. The Hall–Kier alpha value is -1.14. The van der Waals surface area contributed by atoms with Gasteiger partial charge in [0.15, 0.2) is 0 Å². The predicted molar refractivity (Wildman–Crippen MR) is 143 cm³/mol. The first kappa shape index (κ1) is 25.2. The van der Waals surface area contributed by atoms with Crippen molar-refractivity contribution in [2.24, 2.45) is 34.3 Å². The maximum atomic E-state index is 6.74. The summed E-state index contributed by atoms with van der Waals surface area (Å²) in [5, 5.41) is 0. The molecule has 3 saturated carbocycles. The molecule has 4 aliphatic carbocycles. The highest BCUT2D eigenvalue weighted by Gasteiger charge is 2.65. The zero-order valence-corrected chi connectivity index (χ0v) is 22.7. The van der Waals surface area contributed by atoms with E-state index in [-0.39, 0.29) is 11.0 Å². The van der Waals surface area contributed by atoms with Crippen LogP contribution in [0.1, 0.15) is 83.6 Å². The van der Waals surface area contributed by atoms with Crippen molar-refractivity contribution in [1.82, 2.24) is 4.90 Å². The average Bonchev–Trinajstić information content (AvgIpc) is 3.64. The maximum Gasteiger partial charge on any atom is 0.102 e. The molecule has 7 atom stereocenters. The smallest absolute Gasteiger partial charge is 0.102 e. The minimum absolute atomic E-state index is 0.130. The highest BCUT2D eigenvalue weighted by Crippen LogP contribution is 2.70. The van der Waals surface area contributed by atoms with Gasteiger partial charge in [0.2, 0.25) is 0 Å². The Balaban J connectivity index is 1.18. The molecule has 0 aromatic carbocycles. The van der Waals surface area contributed by atoms with Crippen LogP contribution in [0.3, 0.4) is 0 Å². The Morgan fingerprint density at radius 2 is 1.89 bits per heavy atom. The molecule has 0 unspecified atom stereocenters. The number of ether oxygens (including phenoxy) is 2. The van der Waals surface area contributed by atoms with Gasteiger partial charge in [-0.25, -0.2) is 0 Å². The number of likely N-dealkylation sites (tertiary alicyclic amines) is 1. The number of furan rings is 1. The molecule has 5 aliphatic rings. The molecule has 5 nitrogen and oxygen atoms in total. The molecule has 2 heterocycles. The molecule has 0 amide bonds. The van der Waals surface area contributed by atoms with E-state index in [1.165, 1.54) is 70.0 Å². The molecule has 0 bridgehead atoms. The lowest BCUT2D eigenvalue weighted by Crippen LogP contribution is -2.54. The molecule has 200 valence electrons. The van der Waals surface area contributed by atoms with E-state index in [2.05, 4.69) is 30.9 Å². The Morgan fingerprint density at radius 1 is 1.06 bits per heavy atom. The minimum Gasteiger partial charge on any atom is -0.472 e. The predicted octanol–water partition coefficient (Wildman–Crippen LogP) is 5.89. The van der Waals surface area contributed by atoms with Crippen LogP contribution in [0.2, 0.25) is 0 Å². The molecular formula is C31H48N2O3. The highest BCUT2D eigenvalue weighted by atomic mass is 16.5. The third-order valence-electron chi connectivity index (χ3n) is 11.6. The van der Waals surface area contributed by atoms with Crippen LogP contribution >= 0.6 is 0 Å². The molecule has 1 aromatic heterocycles. The lowest BCUT2D eigenvalue weighted by molar-refractivity contribution is -0.162. The van der Waals surface area contributed by atoms with Gasteiger partial charge in [0.1, 0.15) is 5.60 Å². The normalized spacial score (nSPS) is 42.6. The van der Waals surface area contributed by atoms with Crippen LogP contribution in [-0.2, 0) is 15.1 Å². The summed E-state index contributed by atoms with van der Waals surface area (Å²) >= 11 is 0. The van der Waals surface area contributed by atoms with Crippen LogP contribution in [0.15, 0.2) is 34.7 Å². The number of nitrogens with two attached hydrogens (primary N) is 1. The van der Waals surface area contributed by atoms with Crippen LogP contribution in [0.5, 0.6) is 0 Å². The molecule has 1 aliphatic heterocycles. The van der Waals surface area contributed by atoms with Crippen LogP contribution in [0.25, 0.3) is 0 Å². The van der Waals surface area contributed by atoms with Gasteiger partial charge in [-0.05, 0) is 107 Å². The van der Waals surface area contributed by atoms with Crippen molar-refractivity contribution in [3.05, 3.63) is 35.8 Å². The van der Waals surface area contributed by atoms with E-state index in [0.29, 0.717) is 30.6 Å². The molecular weight excluding hydrogens is 448 g/mol. The quantitative estimate of drug-likeness (QED) is 0.455. The lowest BCUT2D eigenvalue weighted by atomic mass is 9.46. The van der Waals surface area contributed by atoms with Crippen molar-refractivity contribution in [1.29, 1.82) is 0 Å². The van der Waals surface area contributed by atoms with Crippen molar-refractivity contribution in [3.63, 3.8) is 0 Å². The Kier molecular flexibility index (Phi) is 6.90. The Labute approximate surface area is 218 Å². The number of hydrogen-bond donors (Lipinski definition) is 1. The standard InChI is InChI=1S/C31H48N2O3/c1-29-11-7-25(35-20-17-33-15-3-4-16-33)21-23(29)5-6-26-27(29)8-12-30(2)28(26)9-13-31(30,36-19-14-32)24-10-18-34-22-24/h5,10,18,22,25-28H,3-4,6-9,11-17,19-21,32H2,1-2H3/t25-,26+,27-,28-,29-,30-,31+/m0/s1. The van der Waals surface area contributed by atoms with Crippen LogP contribution < -0.4 is 5.73 Å². The van der Waals surface area contributed by atoms with Crippen molar-refractivity contribution in [2.45, 2.75) is 89.8 Å². The van der Waals surface area contributed by atoms with Gasteiger partial charge < -0.3 is 24.5 Å².